The Morgan fingerprint density at radius 2 is 1.77 bits per heavy atom. The minimum absolute atomic E-state index is 0.0757. The van der Waals surface area contributed by atoms with Crippen LogP contribution in [0.15, 0.2) is 77.7 Å². The molecule has 0 saturated carbocycles. The predicted molar refractivity (Wildman–Crippen MR) is 124 cm³/mol. The third-order valence-electron chi connectivity index (χ3n) is 4.50. The van der Waals surface area contributed by atoms with E-state index in [9.17, 15) is 13.2 Å². The van der Waals surface area contributed by atoms with Gasteiger partial charge in [0.1, 0.15) is 5.75 Å². The van der Waals surface area contributed by atoms with E-state index >= 15 is 0 Å². The van der Waals surface area contributed by atoms with E-state index in [0.29, 0.717) is 27.8 Å². The van der Waals surface area contributed by atoms with Crippen molar-refractivity contribution < 1.29 is 17.9 Å². The second-order valence-corrected chi connectivity index (χ2v) is 8.99. The number of benzene rings is 3. The van der Waals surface area contributed by atoms with Gasteiger partial charge in [-0.1, -0.05) is 35.9 Å². The van der Waals surface area contributed by atoms with Crippen LogP contribution in [-0.4, -0.2) is 35.0 Å². The molecule has 0 atom stereocenters. The second kappa shape index (κ2) is 9.72. The van der Waals surface area contributed by atoms with Crippen LogP contribution in [-0.2, 0) is 14.8 Å². The smallest absolute Gasteiger partial charge is 0.264 e. The molecule has 31 heavy (non-hydrogen) atoms. The molecule has 0 fully saturated rings. The molecule has 9 heteroatoms. The Balaban J connectivity index is 1.70. The van der Waals surface area contributed by atoms with Gasteiger partial charge in [-0.2, -0.15) is 0 Å². The molecule has 3 aromatic rings. The monoisotopic (exact) mass is 459 g/mol. The van der Waals surface area contributed by atoms with Crippen LogP contribution in [0.4, 0.5) is 17.1 Å². The Kier molecular flexibility index (Phi) is 7.04. The summed E-state index contributed by atoms with van der Waals surface area (Å²) in [5.74, 6) is 0.144. The summed E-state index contributed by atoms with van der Waals surface area (Å²) < 4.78 is 32.3. The maximum absolute atomic E-state index is 13.0. The Hall–Kier alpha value is -3.23. The normalized spacial score (nSPS) is 10.9. The molecular formula is C22H22ClN3O4S. The third-order valence-corrected chi connectivity index (χ3v) is 6.52. The Bertz CT molecular complexity index is 1170. The van der Waals surface area contributed by atoms with E-state index in [1.54, 1.807) is 54.6 Å². The van der Waals surface area contributed by atoms with Crippen molar-refractivity contribution in [2.24, 2.45) is 0 Å². The van der Waals surface area contributed by atoms with E-state index in [-0.39, 0.29) is 17.3 Å². The molecule has 0 bridgehead atoms. The summed E-state index contributed by atoms with van der Waals surface area (Å²) in [7, 11) is -0.762. The van der Waals surface area contributed by atoms with Crippen LogP contribution in [0.2, 0.25) is 5.02 Å². The second-order valence-electron chi connectivity index (χ2n) is 6.58. The molecule has 0 heterocycles. The van der Waals surface area contributed by atoms with Crippen molar-refractivity contribution in [3.63, 3.8) is 0 Å². The highest BCUT2D eigenvalue weighted by Crippen LogP contribution is 2.28. The van der Waals surface area contributed by atoms with E-state index in [2.05, 4.69) is 10.6 Å². The van der Waals surface area contributed by atoms with Crippen LogP contribution in [0.3, 0.4) is 0 Å². The molecule has 0 aromatic heterocycles. The highest BCUT2D eigenvalue weighted by atomic mass is 35.5. The molecule has 7 nitrogen and oxygen atoms in total. The number of amides is 1. The molecule has 0 unspecified atom stereocenters. The van der Waals surface area contributed by atoms with Crippen molar-refractivity contribution in [2.45, 2.75) is 4.90 Å². The lowest BCUT2D eigenvalue weighted by atomic mass is 10.3. The molecule has 0 aliphatic carbocycles. The lowest BCUT2D eigenvalue weighted by molar-refractivity contribution is -0.114. The van der Waals surface area contributed by atoms with Gasteiger partial charge in [0, 0.05) is 17.8 Å². The van der Waals surface area contributed by atoms with E-state index in [4.69, 9.17) is 16.3 Å². The van der Waals surface area contributed by atoms with Gasteiger partial charge in [-0.25, -0.2) is 8.42 Å². The maximum atomic E-state index is 13.0. The number of carbonyl (C=O) groups excluding carboxylic acids is 1. The molecule has 3 aromatic carbocycles. The summed E-state index contributed by atoms with van der Waals surface area (Å²) in [6, 6.07) is 20.0. The lowest BCUT2D eigenvalue weighted by Gasteiger charge is -2.20. The van der Waals surface area contributed by atoms with Crippen LogP contribution < -0.4 is 19.7 Å². The molecule has 0 radical (unpaired) electrons. The molecular weight excluding hydrogens is 438 g/mol. The zero-order valence-corrected chi connectivity index (χ0v) is 18.6. The minimum atomic E-state index is -3.75. The topological polar surface area (TPSA) is 87.7 Å². The average Bonchev–Trinajstić information content (AvgIpc) is 2.78. The van der Waals surface area contributed by atoms with Crippen LogP contribution in [0, 0.1) is 0 Å². The number of carbonyl (C=O) groups is 1. The summed E-state index contributed by atoms with van der Waals surface area (Å²) in [5.41, 5.74) is 1.49. The first-order valence-corrected chi connectivity index (χ1v) is 11.1. The van der Waals surface area contributed by atoms with Gasteiger partial charge in [0.15, 0.2) is 0 Å². The first kappa shape index (κ1) is 22.5. The Morgan fingerprint density at radius 3 is 2.48 bits per heavy atom. The summed E-state index contributed by atoms with van der Waals surface area (Å²) in [6.45, 7) is -0.0757. The molecule has 0 aliphatic rings. The highest BCUT2D eigenvalue weighted by Gasteiger charge is 2.21. The van der Waals surface area contributed by atoms with Crippen LogP contribution >= 0.6 is 11.6 Å². The number of hydrogen-bond donors (Lipinski definition) is 2. The van der Waals surface area contributed by atoms with Crippen molar-refractivity contribution in [3.8, 4) is 5.75 Å². The largest absolute Gasteiger partial charge is 0.495 e. The maximum Gasteiger partial charge on any atom is 0.264 e. The van der Waals surface area contributed by atoms with Crippen molar-refractivity contribution in [3.05, 3.63) is 77.8 Å². The van der Waals surface area contributed by atoms with Gasteiger partial charge in [-0.3, -0.25) is 9.10 Å². The van der Waals surface area contributed by atoms with Gasteiger partial charge in [-0.15, -0.1) is 0 Å². The van der Waals surface area contributed by atoms with E-state index < -0.39 is 10.0 Å². The van der Waals surface area contributed by atoms with E-state index in [1.165, 1.54) is 30.6 Å². The van der Waals surface area contributed by atoms with Gasteiger partial charge in [0.25, 0.3) is 10.0 Å². The standard InChI is InChI=1S/C22H22ClN3O4S/c1-26(18-8-4-3-5-9-18)31(28,29)19-10-6-7-17(14-19)24-15-22(27)25-20-13-16(23)11-12-21(20)30-2/h3-14,24H,15H2,1-2H3,(H,25,27). The first-order valence-electron chi connectivity index (χ1n) is 9.32. The van der Waals surface area contributed by atoms with Crippen molar-refractivity contribution in [1.82, 2.24) is 0 Å². The number of para-hydroxylation sites is 1. The van der Waals surface area contributed by atoms with Gasteiger partial charge in [0.05, 0.1) is 29.9 Å². The molecule has 162 valence electrons. The number of anilines is 3. The fourth-order valence-electron chi connectivity index (χ4n) is 2.86. The fraction of sp³-hybridized carbons (Fsp3) is 0.136. The fourth-order valence-corrected chi connectivity index (χ4v) is 4.27. The van der Waals surface area contributed by atoms with Crippen LogP contribution in [0.5, 0.6) is 5.75 Å². The lowest BCUT2D eigenvalue weighted by Crippen LogP contribution is -2.26. The SMILES string of the molecule is COc1ccc(Cl)cc1NC(=O)CNc1cccc(S(=O)(=O)N(C)c2ccccc2)c1. The Morgan fingerprint density at radius 1 is 1.03 bits per heavy atom. The summed E-state index contributed by atoms with van der Waals surface area (Å²) in [5, 5.41) is 6.12. The number of methoxy groups -OCH3 is 1. The zero-order valence-electron chi connectivity index (χ0n) is 17.0. The minimum Gasteiger partial charge on any atom is -0.495 e. The molecule has 0 aliphatic heterocycles. The number of nitrogens with zero attached hydrogens (tertiary/aromatic N) is 1. The van der Waals surface area contributed by atoms with E-state index in [0.717, 1.165) is 0 Å². The van der Waals surface area contributed by atoms with E-state index in [1.807, 2.05) is 6.07 Å². The number of rotatable bonds is 8. The molecule has 0 saturated heterocycles. The summed E-state index contributed by atoms with van der Waals surface area (Å²) in [4.78, 5) is 12.5. The molecule has 2 N–H and O–H groups in total. The predicted octanol–water partition coefficient (Wildman–Crippen LogP) is 4.22. The first-order chi connectivity index (χ1) is 14.8. The number of ether oxygens (including phenoxy) is 1. The number of hydrogen-bond acceptors (Lipinski definition) is 5. The summed E-state index contributed by atoms with van der Waals surface area (Å²) >= 11 is 5.98. The summed E-state index contributed by atoms with van der Waals surface area (Å²) in [6.07, 6.45) is 0. The van der Waals surface area contributed by atoms with Crippen molar-refractivity contribution in [2.75, 3.05) is 35.6 Å². The van der Waals surface area contributed by atoms with Crippen molar-refractivity contribution >= 4 is 44.6 Å². The van der Waals surface area contributed by atoms with Crippen molar-refractivity contribution in [1.29, 1.82) is 0 Å². The van der Waals surface area contributed by atoms with Gasteiger partial charge in [-0.05, 0) is 48.5 Å². The van der Waals surface area contributed by atoms with Gasteiger partial charge >= 0.3 is 0 Å². The highest BCUT2D eigenvalue weighted by molar-refractivity contribution is 7.92. The number of nitrogens with one attached hydrogen (secondary N) is 2. The molecule has 3 rings (SSSR count). The third kappa shape index (κ3) is 5.48. The average molecular weight is 460 g/mol. The van der Waals surface area contributed by atoms with Crippen LogP contribution in [0.25, 0.3) is 0 Å². The van der Waals surface area contributed by atoms with Gasteiger partial charge < -0.3 is 15.4 Å². The molecule has 0 spiro atoms. The van der Waals surface area contributed by atoms with Gasteiger partial charge in [0.2, 0.25) is 5.91 Å². The molecule has 1 amide bonds. The Labute approximate surface area is 186 Å². The van der Waals surface area contributed by atoms with Crippen LogP contribution in [0.1, 0.15) is 0 Å². The number of halogens is 1. The quantitative estimate of drug-likeness (QED) is 0.526. The zero-order chi connectivity index (χ0) is 22.4. The number of sulfonamides is 1.